The second-order valence-electron chi connectivity index (χ2n) is 8.53. The third-order valence-corrected chi connectivity index (χ3v) is 7.13. The molecule has 10 heteroatoms. The molecule has 7 nitrogen and oxygen atoms in total. The van der Waals surface area contributed by atoms with E-state index in [-0.39, 0.29) is 17.5 Å². The van der Waals surface area contributed by atoms with Crippen molar-refractivity contribution in [1.29, 1.82) is 0 Å². The van der Waals surface area contributed by atoms with Gasteiger partial charge in [0.1, 0.15) is 35.1 Å². The van der Waals surface area contributed by atoms with Crippen LogP contribution in [0.25, 0.3) is 0 Å². The summed E-state index contributed by atoms with van der Waals surface area (Å²) in [7, 11) is -2.78. The smallest absolute Gasteiger partial charge is 0.220 e. The van der Waals surface area contributed by atoms with Crippen LogP contribution in [0.3, 0.4) is 0 Å². The number of likely N-dealkylation sites (N-methyl/N-ethyl adjacent to an activating group) is 1. The molecule has 0 fully saturated rings. The van der Waals surface area contributed by atoms with Crippen molar-refractivity contribution in [3.63, 3.8) is 0 Å². The maximum Gasteiger partial charge on any atom is 0.220 e. The van der Waals surface area contributed by atoms with E-state index in [4.69, 9.17) is 0 Å². The van der Waals surface area contributed by atoms with E-state index in [1.807, 2.05) is 20.8 Å². The normalized spacial score (nSPS) is 15.4. The van der Waals surface area contributed by atoms with Crippen molar-refractivity contribution in [3.8, 4) is 11.8 Å². The second-order valence-corrected chi connectivity index (χ2v) is 10.9. The van der Waals surface area contributed by atoms with Gasteiger partial charge in [0.15, 0.2) is 0 Å². The maximum atomic E-state index is 14.6. The topological polar surface area (TPSA) is 88.3 Å². The summed E-state index contributed by atoms with van der Waals surface area (Å²) in [5.41, 5.74) is -2.80. The molecule has 1 N–H and O–H groups in total. The number of benzene rings is 1. The predicted molar refractivity (Wildman–Crippen MR) is 118 cm³/mol. The number of halogens is 2. The van der Waals surface area contributed by atoms with Crippen LogP contribution in [0.1, 0.15) is 33.3 Å². The molecule has 1 aromatic heterocycles. The number of aromatic nitrogens is 3. The lowest BCUT2D eigenvalue weighted by atomic mass is 9.90. The molecule has 2 atom stereocenters. The monoisotopic (exact) mass is 466 g/mol. The van der Waals surface area contributed by atoms with Crippen LogP contribution in [0.2, 0.25) is 0 Å². The first kappa shape index (κ1) is 25.6. The van der Waals surface area contributed by atoms with Crippen molar-refractivity contribution in [1.82, 2.24) is 19.1 Å². The molecule has 0 saturated carbocycles. The van der Waals surface area contributed by atoms with Crippen LogP contribution in [-0.4, -0.2) is 51.4 Å². The minimum atomic E-state index is -4.13. The molecule has 0 radical (unpaired) electrons. The molecule has 174 valence electrons. The zero-order valence-electron chi connectivity index (χ0n) is 18.7. The van der Waals surface area contributed by atoms with Gasteiger partial charge in [0.05, 0.1) is 6.54 Å². The van der Waals surface area contributed by atoms with Crippen LogP contribution in [-0.2, 0) is 22.2 Å². The van der Waals surface area contributed by atoms with Crippen LogP contribution in [0.4, 0.5) is 8.78 Å². The molecule has 0 aliphatic rings. The van der Waals surface area contributed by atoms with E-state index >= 15 is 0 Å². The summed E-state index contributed by atoms with van der Waals surface area (Å²) in [6, 6.07) is 2.60. The van der Waals surface area contributed by atoms with Gasteiger partial charge in [-0.3, -0.25) is 0 Å². The first-order valence-corrected chi connectivity index (χ1v) is 11.4. The first-order chi connectivity index (χ1) is 14.8. The van der Waals surface area contributed by atoms with E-state index in [1.54, 1.807) is 12.2 Å². The Morgan fingerprint density at radius 3 is 2.56 bits per heavy atom. The van der Waals surface area contributed by atoms with E-state index in [1.165, 1.54) is 31.3 Å². The van der Waals surface area contributed by atoms with Gasteiger partial charge in [0.2, 0.25) is 10.0 Å². The number of sulfonamides is 1. The highest BCUT2D eigenvalue weighted by Crippen LogP contribution is 2.34. The van der Waals surface area contributed by atoms with Crippen LogP contribution >= 0.6 is 0 Å². The number of rotatable bonds is 8. The van der Waals surface area contributed by atoms with Gasteiger partial charge >= 0.3 is 0 Å². The van der Waals surface area contributed by atoms with Crippen molar-refractivity contribution in [2.75, 3.05) is 13.6 Å². The third-order valence-electron chi connectivity index (χ3n) is 4.83. The standard InChI is InChI=1S/C22H28F2N4O3S/c1-17(32(30,31)27(5)12-8-6-7-11-21(2,3)4)22(29,14-28-16-25-15-26-28)19-10-9-18(23)13-20(19)24/h6,8-10,13,15-17,29H,12,14H2,1-5H3/t17-,22-/m1/s1. The number of hydrogen-bond acceptors (Lipinski definition) is 5. The highest BCUT2D eigenvalue weighted by Gasteiger charge is 2.47. The molecule has 1 heterocycles. The number of allylic oxidation sites excluding steroid dienone is 1. The summed E-state index contributed by atoms with van der Waals surface area (Å²) < 4.78 is 56.8. The molecule has 2 aromatic rings. The minimum absolute atomic E-state index is 0.00317. The Kier molecular flexibility index (Phi) is 7.93. The first-order valence-electron chi connectivity index (χ1n) is 9.90. The predicted octanol–water partition coefficient (Wildman–Crippen LogP) is 2.70. The second kappa shape index (κ2) is 9.90. The van der Waals surface area contributed by atoms with Crippen molar-refractivity contribution < 1.29 is 22.3 Å². The van der Waals surface area contributed by atoms with E-state index in [0.29, 0.717) is 6.07 Å². The summed E-state index contributed by atoms with van der Waals surface area (Å²) in [5, 5.41) is 13.9. The molecule has 0 aliphatic carbocycles. The number of aliphatic hydroxyl groups is 1. The summed E-state index contributed by atoms with van der Waals surface area (Å²) in [6.45, 7) is 6.73. The quantitative estimate of drug-likeness (QED) is 0.605. The van der Waals surface area contributed by atoms with Gasteiger partial charge in [0, 0.05) is 30.6 Å². The Morgan fingerprint density at radius 2 is 2.00 bits per heavy atom. The van der Waals surface area contributed by atoms with Crippen molar-refractivity contribution >= 4 is 10.0 Å². The fourth-order valence-corrected chi connectivity index (χ4v) is 4.50. The van der Waals surface area contributed by atoms with Gasteiger partial charge in [-0.05, 0) is 39.8 Å². The Bertz CT molecular complexity index is 1120. The van der Waals surface area contributed by atoms with Crippen molar-refractivity contribution in [3.05, 3.63) is 60.2 Å². The highest BCUT2D eigenvalue weighted by atomic mass is 32.2. The SMILES string of the molecule is C[C@H]([C@](O)(Cn1cncn1)c1ccc(F)cc1F)S(=O)(=O)N(C)CC=CC#CC(C)(C)C. The van der Waals surface area contributed by atoms with Gasteiger partial charge in [-0.1, -0.05) is 24.0 Å². The maximum absolute atomic E-state index is 14.6. The molecular formula is C22H28F2N4O3S. The van der Waals surface area contributed by atoms with Gasteiger partial charge in [-0.15, -0.1) is 0 Å². The molecule has 0 aliphatic heterocycles. The minimum Gasteiger partial charge on any atom is -0.382 e. The molecule has 0 amide bonds. The van der Waals surface area contributed by atoms with Gasteiger partial charge in [-0.25, -0.2) is 31.2 Å². The summed E-state index contributed by atoms with van der Waals surface area (Å²) in [5.74, 6) is 3.96. The summed E-state index contributed by atoms with van der Waals surface area (Å²) in [4.78, 5) is 3.77. The third kappa shape index (κ3) is 6.22. The van der Waals surface area contributed by atoms with Crippen molar-refractivity contribution in [2.24, 2.45) is 5.41 Å². The fourth-order valence-electron chi connectivity index (χ4n) is 2.97. The molecular weight excluding hydrogens is 438 g/mol. The van der Waals surface area contributed by atoms with E-state index in [0.717, 1.165) is 16.4 Å². The Balaban J connectivity index is 2.37. The fraction of sp³-hybridized carbons (Fsp3) is 0.455. The van der Waals surface area contributed by atoms with E-state index in [2.05, 4.69) is 21.9 Å². The molecule has 2 rings (SSSR count). The average Bonchev–Trinajstić information content (AvgIpc) is 3.18. The molecule has 0 spiro atoms. The van der Waals surface area contributed by atoms with E-state index in [9.17, 15) is 22.3 Å². The number of nitrogens with zero attached hydrogens (tertiary/aromatic N) is 4. The summed E-state index contributed by atoms with van der Waals surface area (Å²) in [6.07, 6.45) is 5.61. The number of hydrogen-bond donors (Lipinski definition) is 1. The zero-order valence-corrected chi connectivity index (χ0v) is 19.6. The van der Waals surface area contributed by atoms with Crippen LogP contribution in [0.5, 0.6) is 0 Å². The zero-order chi connectivity index (χ0) is 24.2. The van der Waals surface area contributed by atoms with Crippen LogP contribution < -0.4 is 0 Å². The average molecular weight is 467 g/mol. The van der Waals surface area contributed by atoms with Gasteiger partial charge in [-0.2, -0.15) is 5.10 Å². The van der Waals surface area contributed by atoms with E-state index < -0.39 is 39.1 Å². The lowest BCUT2D eigenvalue weighted by Crippen LogP contribution is -2.50. The Morgan fingerprint density at radius 1 is 1.31 bits per heavy atom. The lowest BCUT2D eigenvalue weighted by molar-refractivity contribution is 0.00984. The molecule has 32 heavy (non-hydrogen) atoms. The molecule has 0 saturated heterocycles. The van der Waals surface area contributed by atoms with Crippen LogP contribution in [0.15, 0.2) is 43.0 Å². The van der Waals surface area contributed by atoms with Crippen LogP contribution in [0, 0.1) is 28.9 Å². The Labute approximate surface area is 187 Å². The van der Waals surface area contributed by atoms with Gasteiger partial charge < -0.3 is 5.11 Å². The lowest BCUT2D eigenvalue weighted by Gasteiger charge is -2.36. The summed E-state index contributed by atoms with van der Waals surface area (Å²) >= 11 is 0. The molecule has 0 bridgehead atoms. The Hall–Kier alpha value is -2.61. The van der Waals surface area contributed by atoms with Crippen molar-refractivity contribution in [2.45, 2.75) is 45.1 Å². The van der Waals surface area contributed by atoms with Gasteiger partial charge in [0.25, 0.3) is 0 Å². The largest absolute Gasteiger partial charge is 0.382 e. The molecule has 0 unspecified atom stereocenters. The molecule has 1 aromatic carbocycles. The highest BCUT2D eigenvalue weighted by molar-refractivity contribution is 7.89.